The van der Waals surface area contributed by atoms with Crippen LogP contribution in [-0.4, -0.2) is 38.8 Å². The number of aromatic nitrogens is 3. The van der Waals surface area contributed by atoms with Crippen molar-refractivity contribution in [1.29, 1.82) is 0 Å². The van der Waals surface area contributed by atoms with Gasteiger partial charge >= 0.3 is 0 Å². The smallest absolute Gasteiger partial charge is 0.270 e. The van der Waals surface area contributed by atoms with E-state index in [2.05, 4.69) is 15.3 Å². The molecule has 1 fully saturated rings. The number of carbonyl (C=O) groups is 1. The van der Waals surface area contributed by atoms with E-state index in [9.17, 15) is 9.70 Å². The minimum Gasteiger partial charge on any atom is -0.497 e. The maximum atomic E-state index is 13.6. The fourth-order valence-electron chi connectivity index (χ4n) is 4.71. The van der Waals surface area contributed by atoms with Gasteiger partial charge < -0.3 is 4.74 Å². The molecule has 0 spiro atoms. The van der Waals surface area contributed by atoms with Crippen LogP contribution in [0.25, 0.3) is 11.0 Å². The van der Waals surface area contributed by atoms with Crippen LogP contribution in [0.15, 0.2) is 41.8 Å². The molecule has 1 aromatic carbocycles. The molecule has 9 heteroatoms. The van der Waals surface area contributed by atoms with Gasteiger partial charge in [-0.3, -0.25) is 9.80 Å². The van der Waals surface area contributed by atoms with E-state index in [0.29, 0.717) is 24.9 Å². The molecule has 9 nitrogen and oxygen atoms in total. The number of ether oxygens (including phenoxy) is 1. The van der Waals surface area contributed by atoms with Crippen molar-refractivity contribution >= 4 is 16.9 Å². The van der Waals surface area contributed by atoms with Crippen LogP contribution in [0.2, 0.25) is 0 Å². The number of nitroso groups, excluding NO2 is 1. The molecular formula is C24H30N6O3. The Morgan fingerprint density at radius 3 is 2.55 bits per heavy atom. The van der Waals surface area contributed by atoms with Crippen LogP contribution >= 0.6 is 0 Å². The summed E-state index contributed by atoms with van der Waals surface area (Å²) in [5.74, 6) is 6.93. The second-order valence-corrected chi connectivity index (χ2v) is 8.56. The summed E-state index contributed by atoms with van der Waals surface area (Å²) >= 11 is 0. The first kappa shape index (κ1) is 22.8. The zero-order chi connectivity index (χ0) is 23.5. The highest BCUT2D eigenvalue weighted by molar-refractivity contribution is 6.00. The number of pyridine rings is 1. The van der Waals surface area contributed by atoms with Crippen molar-refractivity contribution in [1.82, 2.24) is 19.8 Å². The van der Waals surface area contributed by atoms with Gasteiger partial charge in [-0.25, -0.2) is 15.5 Å². The van der Waals surface area contributed by atoms with Crippen LogP contribution in [-0.2, 0) is 6.54 Å². The molecular weight excluding hydrogens is 420 g/mol. The van der Waals surface area contributed by atoms with Crippen LogP contribution in [0, 0.1) is 4.91 Å². The van der Waals surface area contributed by atoms with Gasteiger partial charge in [-0.1, -0.05) is 17.3 Å². The third-order valence-electron chi connectivity index (χ3n) is 6.74. The predicted octanol–water partition coefficient (Wildman–Crippen LogP) is 4.33. The molecule has 3 aromatic rings. The molecule has 1 saturated carbocycles. The summed E-state index contributed by atoms with van der Waals surface area (Å²) in [5.41, 5.74) is 3.07. The molecule has 2 aromatic heterocycles. The number of benzene rings is 1. The van der Waals surface area contributed by atoms with E-state index in [0.717, 1.165) is 40.8 Å². The second kappa shape index (κ2) is 9.66. The molecule has 33 heavy (non-hydrogen) atoms. The maximum absolute atomic E-state index is 13.6. The summed E-state index contributed by atoms with van der Waals surface area (Å²) < 4.78 is 7.05. The number of fused-ring (bicyclic) bond motifs is 1. The van der Waals surface area contributed by atoms with E-state index >= 15 is 0 Å². The number of carbonyl (C=O) groups excluding carboxylic acids is 1. The van der Waals surface area contributed by atoms with E-state index in [4.69, 9.17) is 10.6 Å². The fraction of sp³-hybridized carbons (Fsp3) is 0.458. The first-order valence-electron chi connectivity index (χ1n) is 11.4. The Kier molecular flexibility index (Phi) is 6.69. The number of amides is 1. The Morgan fingerprint density at radius 1 is 1.24 bits per heavy atom. The summed E-state index contributed by atoms with van der Waals surface area (Å²) in [5, 5.41) is 9.82. The Balaban J connectivity index is 1.71. The fourth-order valence-corrected chi connectivity index (χ4v) is 4.71. The molecule has 2 N–H and O–H groups in total. The molecule has 1 aliphatic carbocycles. The lowest BCUT2D eigenvalue weighted by molar-refractivity contribution is 0.0688. The van der Waals surface area contributed by atoms with Crippen molar-refractivity contribution in [3.63, 3.8) is 0 Å². The highest BCUT2D eigenvalue weighted by Crippen LogP contribution is 2.39. The SMILES string of the molecule is CCn1ncc2c(C3CCC(N=O)CC3)c(C(=O)N(N)C(C)c3ccc(OC)cc3)cnc21. The van der Waals surface area contributed by atoms with Gasteiger partial charge in [0.05, 0.1) is 31.0 Å². The number of rotatable bonds is 7. The molecule has 1 aliphatic rings. The van der Waals surface area contributed by atoms with Gasteiger partial charge in [-0.2, -0.15) is 10.0 Å². The van der Waals surface area contributed by atoms with Crippen LogP contribution in [0.3, 0.4) is 0 Å². The normalized spacial score (nSPS) is 19.3. The summed E-state index contributed by atoms with van der Waals surface area (Å²) in [4.78, 5) is 29.2. The molecule has 0 bridgehead atoms. The summed E-state index contributed by atoms with van der Waals surface area (Å²) in [7, 11) is 1.61. The standard InChI is InChI=1S/C24H30N6O3/c1-4-29-23-20(14-27-29)22(17-5-9-18(28-32)10-6-17)21(13-26-23)24(31)30(25)15(2)16-7-11-19(33-3)12-8-16/h7-8,11-15,17-18H,4-6,9-10,25H2,1-3H3. The van der Waals surface area contributed by atoms with E-state index in [-0.39, 0.29) is 23.9 Å². The number of aryl methyl sites for hydroxylation is 1. The zero-order valence-electron chi connectivity index (χ0n) is 19.3. The van der Waals surface area contributed by atoms with Crippen LogP contribution in [0.4, 0.5) is 0 Å². The Hall–Kier alpha value is -3.33. The number of hydrazine groups is 1. The van der Waals surface area contributed by atoms with Crippen molar-refractivity contribution in [2.75, 3.05) is 7.11 Å². The Bertz CT molecular complexity index is 1140. The molecule has 0 radical (unpaired) electrons. The lowest BCUT2D eigenvalue weighted by Gasteiger charge is -2.29. The molecule has 4 rings (SSSR count). The average molecular weight is 451 g/mol. The van der Waals surface area contributed by atoms with Gasteiger partial charge in [-0.05, 0) is 68.7 Å². The molecule has 1 unspecified atom stereocenters. The van der Waals surface area contributed by atoms with Gasteiger partial charge in [-0.15, -0.1) is 0 Å². The van der Waals surface area contributed by atoms with Crippen molar-refractivity contribution in [3.8, 4) is 5.75 Å². The number of methoxy groups -OCH3 is 1. The lowest BCUT2D eigenvalue weighted by Crippen LogP contribution is -2.40. The first-order chi connectivity index (χ1) is 16.0. The van der Waals surface area contributed by atoms with Gasteiger partial charge in [0, 0.05) is 18.1 Å². The van der Waals surface area contributed by atoms with Crippen molar-refractivity contribution in [3.05, 3.63) is 58.3 Å². The van der Waals surface area contributed by atoms with Crippen molar-refractivity contribution in [2.45, 2.75) is 64.1 Å². The molecule has 1 amide bonds. The van der Waals surface area contributed by atoms with Gasteiger partial charge in [0.15, 0.2) is 5.65 Å². The highest BCUT2D eigenvalue weighted by Gasteiger charge is 2.31. The molecule has 174 valence electrons. The number of hydrogen-bond donors (Lipinski definition) is 1. The van der Waals surface area contributed by atoms with E-state index < -0.39 is 0 Å². The van der Waals surface area contributed by atoms with Gasteiger partial charge in [0.1, 0.15) is 5.75 Å². The summed E-state index contributed by atoms with van der Waals surface area (Å²) in [6.07, 6.45) is 6.40. The summed E-state index contributed by atoms with van der Waals surface area (Å²) in [6.45, 7) is 4.58. The summed E-state index contributed by atoms with van der Waals surface area (Å²) in [6, 6.07) is 7.00. The Labute approximate surface area is 192 Å². The monoisotopic (exact) mass is 450 g/mol. The third-order valence-corrected chi connectivity index (χ3v) is 6.74. The topological polar surface area (TPSA) is 116 Å². The van der Waals surface area contributed by atoms with Gasteiger partial charge in [0.25, 0.3) is 5.91 Å². The number of nitrogens with two attached hydrogens (primary N) is 1. The lowest BCUT2D eigenvalue weighted by atomic mass is 9.79. The first-order valence-corrected chi connectivity index (χ1v) is 11.4. The second-order valence-electron chi connectivity index (χ2n) is 8.56. The van der Waals surface area contributed by atoms with Crippen LogP contribution in [0.5, 0.6) is 5.75 Å². The van der Waals surface area contributed by atoms with Crippen LogP contribution in [0.1, 0.15) is 73.0 Å². The number of nitrogens with zero attached hydrogens (tertiary/aromatic N) is 5. The molecule has 0 saturated heterocycles. The number of hydrogen-bond acceptors (Lipinski definition) is 7. The maximum Gasteiger partial charge on any atom is 0.270 e. The van der Waals surface area contributed by atoms with E-state index in [1.54, 1.807) is 19.5 Å². The average Bonchev–Trinajstić information content (AvgIpc) is 3.30. The van der Waals surface area contributed by atoms with Gasteiger partial charge in [0.2, 0.25) is 0 Å². The minimum atomic E-state index is -0.347. The highest BCUT2D eigenvalue weighted by atomic mass is 16.5. The quantitative estimate of drug-likeness (QED) is 0.248. The largest absolute Gasteiger partial charge is 0.497 e. The zero-order valence-corrected chi connectivity index (χ0v) is 19.3. The third kappa shape index (κ3) is 4.32. The molecule has 1 atom stereocenters. The minimum absolute atomic E-state index is 0.117. The van der Waals surface area contributed by atoms with Crippen molar-refractivity contribution < 1.29 is 9.53 Å². The Morgan fingerprint density at radius 2 is 1.94 bits per heavy atom. The van der Waals surface area contributed by atoms with E-state index in [1.807, 2.05) is 42.8 Å². The van der Waals surface area contributed by atoms with E-state index in [1.165, 1.54) is 5.01 Å². The van der Waals surface area contributed by atoms with Crippen molar-refractivity contribution in [2.24, 2.45) is 11.0 Å². The molecule has 0 aliphatic heterocycles. The predicted molar refractivity (Wildman–Crippen MR) is 126 cm³/mol. The van der Waals surface area contributed by atoms with Crippen LogP contribution < -0.4 is 10.6 Å². The molecule has 2 heterocycles.